The quantitative estimate of drug-likeness (QED) is 0.462. The lowest BCUT2D eigenvalue weighted by Crippen LogP contribution is -2.49. The Morgan fingerprint density at radius 2 is 1.92 bits per heavy atom. The number of Topliss-reactive ketones (excluding diaryl/α,β-unsaturated/α-hetero) is 1. The van der Waals surface area contributed by atoms with Crippen molar-refractivity contribution in [3.05, 3.63) is 23.8 Å². The molecule has 1 heterocycles. The summed E-state index contributed by atoms with van der Waals surface area (Å²) in [7, 11) is 0. The van der Waals surface area contributed by atoms with Crippen molar-refractivity contribution in [1.82, 2.24) is 0 Å². The zero-order valence-corrected chi connectivity index (χ0v) is 14.8. The van der Waals surface area contributed by atoms with Gasteiger partial charge in [-0.15, -0.1) is 11.6 Å². The molecule has 130 valence electrons. The molecule has 2 rings (SSSR count). The zero-order chi connectivity index (χ0) is 18.0. The highest BCUT2D eigenvalue weighted by Crippen LogP contribution is 2.35. The van der Waals surface area contributed by atoms with Gasteiger partial charge >= 0.3 is 5.97 Å². The Morgan fingerprint density at radius 3 is 2.50 bits per heavy atom. The minimum Gasteiger partial charge on any atom is -0.482 e. The molecule has 1 amide bonds. The Kier molecular flexibility index (Phi) is 5.49. The van der Waals surface area contributed by atoms with Gasteiger partial charge in [-0.1, -0.05) is 0 Å². The summed E-state index contributed by atoms with van der Waals surface area (Å²) in [6.45, 7) is 6.45. The van der Waals surface area contributed by atoms with Crippen LogP contribution < -0.4 is 9.64 Å². The predicted molar refractivity (Wildman–Crippen MR) is 89.8 cm³/mol. The number of halogens is 1. The maximum Gasteiger partial charge on any atom is 0.329 e. The lowest BCUT2D eigenvalue weighted by molar-refractivity contribution is -0.149. The van der Waals surface area contributed by atoms with E-state index in [0.29, 0.717) is 17.0 Å². The smallest absolute Gasteiger partial charge is 0.329 e. The Morgan fingerprint density at radius 1 is 1.25 bits per heavy atom. The third kappa shape index (κ3) is 3.70. The fourth-order valence-electron chi connectivity index (χ4n) is 2.41. The third-order valence-electron chi connectivity index (χ3n) is 3.56. The van der Waals surface area contributed by atoms with Gasteiger partial charge in [0.25, 0.3) is 5.91 Å². The van der Waals surface area contributed by atoms with Crippen LogP contribution in [0.15, 0.2) is 18.2 Å². The molecule has 0 N–H and O–H groups in total. The van der Waals surface area contributed by atoms with Crippen molar-refractivity contribution in [3.8, 4) is 5.75 Å². The summed E-state index contributed by atoms with van der Waals surface area (Å²) in [5, 5.41) is -0.694. The maximum absolute atomic E-state index is 12.3. The highest BCUT2D eigenvalue weighted by molar-refractivity contribution is 6.33. The predicted octanol–water partition coefficient (Wildman–Crippen LogP) is 2.56. The minimum atomic E-state index is -0.832. The highest BCUT2D eigenvalue weighted by Gasteiger charge is 2.34. The van der Waals surface area contributed by atoms with Gasteiger partial charge in [0.15, 0.2) is 12.4 Å². The third-order valence-corrected chi connectivity index (χ3v) is 3.76. The molecule has 0 radical (unpaired) electrons. The van der Waals surface area contributed by atoms with Gasteiger partial charge in [-0.2, -0.15) is 0 Å². The molecule has 0 spiro atoms. The topological polar surface area (TPSA) is 72.9 Å². The monoisotopic (exact) mass is 353 g/mol. The van der Waals surface area contributed by atoms with E-state index in [1.807, 2.05) is 0 Å². The minimum absolute atomic E-state index is 0.175. The van der Waals surface area contributed by atoms with Crippen LogP contribution in [0.25, 0.3) is 0 Å². The van der Waals surface area contributed by atoms with Gasteiger partial charge in [0.2, 0.25) is 0 Å². The number of fused-ring (bicyclic) bond motifs is 1. The van der Waals surface area contributed by atoms with E-state index in [1.54, 1.807) is 39.8 Å². The number of amides is 1. The molecule has 0 aliphatic carbocycles. The molecule has 7 heteroatoms. The Hall–Kier alpha value is -2.08. The largest absolute Gasteiger partial charge is 0.482 e. The molecule has 0 fully saturated rings. The second kappa shape index (κ2) is 7.21. The summed E-state index contributed by atoms with van der Waals surface area (Å²) in [4.78, 5) is 37.9. The van der Waals surface area contributed by atoms with E-state index in [-0.39, 0.29) is 24.4 Å². The number of hydrogen-bond donors (Lipinski definition) is 0. The molecule has 1 aromatic rings. The number of carbonyl (C=O) groups excluding carboxylic acids is 3. The van der Waals surface area contributed by atoms with E-state index in [1.165, 1.54) is 11.0 Å². The van der Waals surface area contributed by atoms with E-state index in [9.17, 15) is 14.4 Å². The normalized spacial score (nSPS) is 16.2. The van der Waals surface area contributed by atoms with Crippen molar-refractivity contribution >= 4 is 34.9 Å². The number of benzene rings is 1. The molecule has 1 aromatic carbocycles. The second-order valence-corrected chi connectivity index (χ2v) is 6.53. The summed E-state index contributed by atoms with van der Waals surface area (Å²) in [5.74, 6) is -0.736. The van der Waals surface area contributed by atoms with Gasteiger partial charge in [-0.05, 0) is 45.9 Å². The molecule has 2 unspecified atom stereocenters. The summed E-state index contributed by atoms with van der Waals surface area (Å²) < 4.78 is 10.6. The Labute approximate surface area is 145 Å². The number of ether oxygens (including phenoxy) is 2. The first kappa shape index (κ1) is 18.3. The van der Waals surface area contributed by atoms with Gasteiger partial charge in [0, 0.05) is 5.56 Å². The first-order chi connectivity index (χ1) is 11.2. The SMILES string of the molecule is CC(C)OC(=O)C(C)N1C(=O)COc2ccc(C(=O)C(C)Cl)cc21. The number of nitrogens with zero attached hydrogens (tertiary/aromatic N) is 1. The van der Waals surface area contributed by atoms with Crippen molar-refractivity contribution in [3.63, 3.8) is 0 Å². The van der Waals surface area contributed by atoms with Crippen molar-refractivity contribution in [2.75, 3.05) is 11.5 Å². The molecular weight excluding hydrogens is 334 g/mol. The lowest BCUT2D eigenvalue weighted by atomic mass is 10.1. The summed E-state index contributed by atoms with van der Waals surface area (Å²) >= 11 is 5.85. The first-order valence-corrected chi connectivity index (χ1v) is 8.13. The Bertz CT molecular complexity index is 671. The molecule has 0 bridgehead atoms. The summed E-state index contributed by atoms with van der Waals surface area (Å²) in [6.07, 6.45) is -0.291. The number of carbonyl (C=O) groups is 3. The van der Waals surface area contributed by atoms with Crippen LogP contribution in [0.2, 0.25) is 0 Å². The average Bonchev–Trinajstić information content (AvgIpc) is 2.52. The standard InChI is InChI=1S/C17H20ClNO5/c1-9(2)24-17(22)11(4)19-13-7-12(16(21)10(3)18)5-6-14(13)23-8-15(19)20/h5-7,9-11H,8H2,1-4H3. The van der Waals surface area contributed by atoms with Crippen LogP contribution in [-0.2, 0) is 14.3 Å². The van der Waals surface area contributed by atoms with E-state index in [4.69, 9.17) is 21.1 Å². The van der Waals surface area contributed by atoms with E-state index in [2.05, 4.69) is 0 Å². The Balaban J connectivity index is 2.41. The van der Waals surface area contributed by atoms with Gasteiger partial charge in [0.1, 0.15) is 11.8 Å². The van der Waals surface area contributed by atoms with Crippen LogP contribution in [0, 0.1) is 0 Å². The van der Waals surface area contributed by atoms with E-state index in [0.717, 1.165) is 0 Å². The van der Waals surface area contributed by atoms with Crippen LogP contribution in [0.4, 0.5) is 5.69 Å². The number of esters is 1. The summed E-state index contributed by atoms with van der Waals surface area (Å²) in [5.41, 5.74) is 0.714. The molecular formula is C17H20ClNO5. The number of hydrogen-bond acceptors (Lipinski definition) is 5. The van der Waals surface area contributed by atoms with E-state index < -0.39 is 17.4 Å². The van der Waals surface area contributed by atoms with E-state index >= 15 is 0 Å². The fourth-order valence-corrected chi connectivity index (χ4v) is 2.54. The molecule has 0 saturated heterocycles. The number of alkyl halides is 1. The molecule has 24 heavy (non-hydrogen) atoms. The van der Waals surface area contributed by atoms with Crippen LogP contribution in [0.3, 0.4) is 0 Å². The van der Waals surface area contributed by atoms with Crippen molar-refractivity contribution in [2.45, 2.75) is 45.2 Å². The molecule has 0 aromatic heterocycles. The van der Waals surface area contributed by atoms with Gasteiger partial charge in [-0.25, -0.2) is 4.79 Å². The van der Waals surface area contributed by atoms with Crippen molar-refractivity contribution in [1.29, 1.82) is 0 Å². The van der Waals surface area contributed by atoms with Gasteiger partial charge in [-0.3, -0.25) is 14.5 Å². The summed E-state index contributed by atoms with van der Waals surface area (Å²) in [6, 6.07) is 3.88. The fraction of sp³-hybridized carbons (Fsp3) is 0.471. The van der Waals surface area contributed by atoms with Gasteiger partial charge < -0.3 is 9.47 Å². The van der Waals surface area contributed by atoms with Gasteiger partial charge in [0.05, 0.1) is 17.2 Å². The second-order valence-electron chi connectivity index (χ2n) is 5.88. The van der Waals surface area contributed by atoms with Crippen LogP contribution in [0.1, 0.15) is 38.1 Å². The molecule has 0 saturated carbocycles. The number of ketones is 1. The lowest BCUT2D eigenvalue weighted by Gasteiger charge is -2.33. The zero-order valence-electron chi connectivity index (χ0n) is 14.0. The molecule has 2 atom stereocenters. The highest BCUT2D eigenvalue weighted by atomic mass is 35.5. The molecule has 1 aliphatic rings. The number of anilines is 1. The van der Waals surface area contributed by atoms with Crippen molar-refractivity contribution in [2.24, 2.45) is 0 Å². The van der Waals surface area contributed by atoms with Crippen LogP contribution >= 0.6 is 11.6 Å². The maximum atomic E-state index is 12.3. The van der Waals surface area contributed by atoms with Crippen LogP contribution in [-0.4, -0.2) is 41.8 Å². The average molecular weight is 354 g/mol. The molecule has 6 nitrogen and oxygen atoms in total. The number of rotatable bonds is 5. The van der Waals surface area contributed by atoms with Crippen LogP contribution in [0.5, 0.6) is 5.75 Å². The first-order valence-electron chi connectivity index (χ1n) is 7.70. The molecule has 1 aliphatic heterocycles. The van der Waals surface area contributed by atoms with Crippen molar-refractivity contribution < 1.29 is 23.9 Å².